The number of ketones is 1. The first-order valence-corrected chi connectivity index (χ1v) is 6.28. The first kappa shape index (κ1) is 15.9. The highest BCUT2D eigenvalue weighted by molar-refractivity contribution is 5.99. The van der Waals surface area contributed by atoms with Crippen LogP contribution in [0.1, 0.15) is 31.0 Å². The minimum absolute atomic E-state index is 0.314. The first-order chi connectivity index (χ1) is 9.36. The highest BCUT2D eigenvalue weighted by Crippen LogP contribution is 2.24. The summed E-state index contributed by atoms with van der Waals surface area (Å²) in [6.45, 7) is 4.58. The van der Waals surface area contributed by atoms with Crippen molar-refractivity contribution in [1.29, 1.82) is 0 Å². The Bertz CT molecular complexity index is 507. The predicted octanol–water partition coefficient (Wildman–Crippen LogP) is 1.55. The van der Waals surface area contributed by atoms with Gasteiger partial charge in [0.15, 0.2) is 0 Å². The lowest BCUT2D eigenvalue weighted by Gasteiger charge is -2.24. The van der Waals surface area contributed by atoms with Crippen molar-refractivity contribution in [3.63, 3.8) is 0 Å². The van der Waals surface area contributed by atoms with Gasteiger partial charge in [0, 0.05) is 6.92 Å². The molecule has 1 aromatic carbocycles. The largest absolute Gasteiger partial charge is 0.468 e. The third-order valence-electron chi connectivity index (χ3n) is 3.02. The molecule has 0 aliphatic rings. The van der Waals surface area contributed by atoms with Gasteiger partial charge in [-0.05, 0) is 19.4 Å². The molecule has 1 rings (SSSR count). The highest BCUT2D eigenvalue weighted by Gasteiger charge is 2.35. The topological polar surface area (TPSA) is 72.5 Å². The Morgan fingerprint density at radius 3 is 2.05 bits per heavy atom. The SMILES string of the molecule is COC(=O)[C@H](C(C)=O)[C@@H](NC(C)=O)c1ccc(C)cc1. The third kappa shape index (κ3) is 3.91. The van der Waals surface area contributed by atoms with Crippen molar-refractivity contribution in [3.8, 4) is 0 Å². The summed E-state index contributed by atoms with van der Waals surface area (Å²) in [7, 11) is 1.22. The normalized spacial score (nSPS) is 13.2. The van der Waals surface area contributed by atoms with E-state index in [1.165, 1.54) is 21.0 Å². The molecule has 0 heterocycles. The van der Waals surface area contributed by atoms with E-state index in [0.29, 0.717) is 5.56 Å². The summed E-state index contributed by atoms with van der Waals surface area (Å²) >= 11 is 0. The summed E-state index contributed by atoms with van der Waals surface area (Å²) in [5, 5.41) is 2.65. The van der Waals surface area contributed by atoms with Crippen LogP contribution in [0.5, 0.6) is 0 Å². The lowest BCUT2D eigenvalue weighted by Crippen LogP contribution is -2.39. The van der Waals surface area contributed by atoms with Crippen molar-refractivity contribution in [2.24, 2.45) is 5.92 Å². The second-order valence-corrected chi connectivity index (χ2v) is 4.70. The number of carbonyl (C=O) groups is 3. The van der Waals surface area contributed by atoms with Crippen LogP contribution in [0.2, 0.25) is 0 Å². The molecule has 1 amide bonds. The molecule has 0 saturated heterocycles. The maximum Gasteiger partial charge on any atom is 0.318 e. The molecule has 0 spiro atoms. The zero-order chi connectivity index (χ0) is 15.3. The van der Waals surface area contributed by atoms with E-state index >= 15 is 0 Å². The summed E-state index contributed by atoms with van der Waals surface area (Å²) in [5.74, 6) is -2.37. The van der Waals surface area contributed by atoms with E-state index in [1.54, 1.807) is 12.1 Å². The van der Waals surface area contributed by atoms with Gasteiger partial charge in [0.2, 0.25) is 5.91 Å². The summed E-state index contributed by atoms with van der Waals surface area (Å²) < 4.78 is 4.67. The number of carbonyl (C=O) groups excluding carboxylic acids is 3. The lowest BCUT2D eigenvalue weighted by atomic mass is 9.89. The summed E-state index contributed by atoms with van der Waals surface area (Å²) in [4.78, 5) is 34.9. The zero-order valence-electron chi connectivity index (χ0n) is 12.1. The van der Waals surface area contributed by atoms with Crippen LogP contribution in [-0.4, -0.2) is 24.8 Å². The Morgan fingerprint density at radius 1 is 1.10 bits per heavy atom. The van der Waals surface area contributed by atoms with Crippen LogP contribution in [-0.2, 0) is 19.1 Å². The summed E-state index contributed by atoms with van der Waals surface area (Å²) in [5.41, 5.74) is 1.74. The Balaban J connectivity index is 3.21. The van der Waals surface area contributed by atoms with Gasteiger partial charge >= 0.3 is 5.97 Å². The molecule has 108 valence electrons. The third-order valence-corrected chi connectivity index (χ3v) is 3.02. The van der Waals surface area contributed by atoms with Crippen molar-refractivity contribution >= 4 is 17.7 Å². The first-order valence-electron chi connectivity index (χ1n) is 6.28. The Labute approximate surface area is 118 Å². The standard InChI is InChI=1S/C15H19NO4/c1-9-5-7-12(8-6-9)14(16-11(3)18)13(10(2)17)15(19)20-4/h5-8,13-14H,1-4H3,(H,16,18)/t13-,14+/m1/s1. The van der Waals surface area contributed by atoms with Gasteiger partial charge in [-0.2, -0.15) is 0 Å². The fourth-order valence-corrected chi connectivity index (χ4v) is 2.02. The number of benzene rings is 1. The number of methoxy groups -OCH3 is 1. The molecule has 0 fully saturated rings. The zero-order valence-corrected chi connectivity index (χ0v) is 12.1. The Morgan fingerprint density at radius 2 is 1.65 bits per heavy atom. The average molecular weight is 277 g/mol. The fourth-order valence-electron chi connectivity index (χ4n) is 2.02. The van der Waals surface area contributed by atoms with E-state index in [2.05, 4.69) is 10.1 Å². The number of amides is 1. The fraction of sp³-hybridized carbons (Fsp3) is 0.400. The van der Waals surface area contributed by atoms with Crippen LogP contribution in [0.3, 0.4) is 0 Å². The molecule has 5 nitrogen and oxygen atoms in total. The Hall–Kier alpha value is -2.17. The molecule has 1 N–H and O–H groups in total. The van der Waals surface area contributed by atoms with Crippen molar-refractivity contribution in [2.75, 3.05) is 7.11 Å². The van der Waals surface area contributed by atoms with Crippen molar-refractivity contribution in [1.82, 2.24) is 5.32 Å². The molecule has 0 aliphatic carbocycles. The molecule has 1 aromatic rings. The second kappa shape index (κ2) is 6.84. The van der Waals surface area contributed by atoms with Gasteiger partial charge < -0.3 is 10.1 Å². The van der Waals surface area contributed by atoms with E-state index in [9.17, 15) is 14.4 Å². The molecular formula is C15H19NO4. The van der Waals surface area contributed by atoms with Crippen molar-refractivity contribution < 1.29 is 19.1 Å². The molecule has 5 heteroatoms. The minimum Gasteiger partial charge on any atom is -0.468 e. The lowest BCUT2D eigenvalue weighted by molar-refractivity contribution is -0.150. The molecule has 2 atom stereocenters. The molecule has 0 bridgehead atoms. The van der Waals surface area contributed by atoms with Crippen LogP contribution < -0.4 is 5.32 Å². The van der Waals surface area contributed by atoms with Gasteiger partial charge in [-0.1, -0.05) is 29.8 Å². The monoisotopic (exact) mass is 277 g/mol. The smallest absolute Gasteiger partial charge is 0.318 e. The number of hydrogen-bond acceptors (Lipinski definition) is 4. The molecular weight excluding hydrogens is 258 g/mol. The minimum atomic E-state index is -1.05. The molecule has 0 radical (unpaired) electrons. The summed E-state index contributed by atoms with van der Waals surface area (Å²) in [6, 6.07) is 6.57. The Kier molecular flexibility index (Phi) is 5.43. The van der Waals surface area contributed by atoms with E-state index in [-0.39, 0.29) is 11.7 Å². The van der Waals surface area contributed by atoms with Gasteiger partial charge in [-0.25, -0.2) is 0 Å². The van der Waals surface area contributed by atoms with Crippen LogP contribution in [0, 0.1) is 12.8 Å². The number of esters is 1. The highest BCUT2D eigenvalue weighted by atomic mass is 16.5. The number of ether oxygens (including phenoxy) is 1. The van der Waals surface area contributed by atoms with Crippen LogP contribution in [0.15, 0.2) is 24.3 Å². The van der Waals surface area contributed by atoms with Gasteiger partial charge in [0.1, 0.15) is 11.7 Å². The van der Waals surface area contributed by atoms with Crippen LogP contribution in [0.25, 0.3) is 0 Å². The van der Waals surface area contributed by atoms with Gasteiger partial charge in [-0.15, -0.1) is 0 Å². The van der Waals surface area contributed by atoms with Crippen molar-refractivity contribution in [2.45, 2.75) is 26.8 Å². The number of Topliss-reactive ketones (excluding diaryl/α,β-unsaturated/α-hetero) is 1. The summed E-state index contributed by atoms with van der Waals surface area (Å²) in [6.07, 6.45) is 0. The second-order valence-electron chi connectivity index (χ2n) is 4.70. The number of hydrogen-bond donors (Lipinski definition) is 1. The quantitative estimate of drug-likeness (QED) is 0.654. The maximum absolute atomic E-state index is 11.8. The number of nitrogens with one attached hydrogen (secondary N) is 1. The molecule has 0 unspecified atom stereocenters. The van der Waals surface area contributed by atoms with E-state index in [1.807, 2.05) is 19.1 Å². The molecule has 0 aliphatic heterocycles. The van der Waals surface area contributed by atoms with Crippen LogP contribution in [0.4, 0.5) is 0 Å². The van der Waals surface area contributed by atoms with Gasteiger partial charge in [0.05, 0.1) is 13.2 Å². The van der Waals surface area contributed by atoms with Crippen molar-refractivity contribution in [3.05, 3.63) is 35.4 Å². The van der Waals surface area contributed by atoms with Gasteiger partial charge in [0.25, 0.3) is 0 Å². The van der Waals surface area contributed by atoms with E-state index in [0.717, 1.165) is 5.56 Å². The predicted molar refractivity (Wildman–Crippen MR) is 73.9 cm³/mol. The molecule has 20 heavy (non-hydrogen) atoms. The number of rotatable bonds is 5. The van der Waals surface area contributed by atoms with E-state index in [4.69, 9.17) is 0 Å². The maximum atomic E-state index is 11.8. The molecule has 0 saturated carbocycles. The average Bonchev–Trinajstić information content (AvgIpc) is 2.37. The van der Waals surface area contributed by atoms with E-state index < -0.39 is 17.9 Å². The number of aryl methyl sites for hydroxylation is 1. The molecule has 0 aromatic heterocycles. The van der Waals surface area contributed by atoms with Crippen LogP contribution >= 0.6 is 0 Å². The van der Waals surface area contributed by atoms with Gasteiger partial charge in [-0.3, -0.25) is 14.4 Å².